The second-order valence-corrected chi connectivity index (χ2v) is 5.21. The largest absolute Gasteiger partial charge is 0.0922 e. The van der Waals surface area contributed by atoms with E-state index in [1.165, 1.54) is 11.1 Å². The monoisotopic (exact) mass is 254 g/mol. The molecular formula is C13H19Br. The van der Waals surface area contributed by atoms with E-state index in [0.717, 1.165) is 18.2 Å². The van der Waals surface area contributed by atoms with Gasteiger partial charge in [-0.15, -0.1) is 0 Å². The summed E-state index contributed by atoms with van der Waals surface area (Å²) >= 11 is 3.56. The third kappa shape index (κ3) is 3.45. The zero-order valence-corrected chi connectivity index (χ0v) is 10.9. The molecule has 1 aromatic rings. The van der Waals surface area contributed by atoms with Crippen LogP contribution in [-0.2, 0) is 12.8 Å². The van der Waals surface area contributed by atoms with Crippen LogP contribution in [0.25, 0.3) is 0 Å². The molecule has 0 spiro atoms. The average Bonchev–Trinajstić information content (AvgIpc) is 2.19. The van der Waals surface area contributed by atoms with Gasteiger partial charge in [0, 0.05) is 5.33 Å². The minimum Gasteiger partial charge on any atom is -0.0922 e. The van der Waals surface area contributed by atoms with Crippen LogP contribution in [0.2, 0.25) is 0 Å². The Hall–Kier alpha value is -0.300. The number of rotatable bonds is 4. The Bertz CT molecular complexity index is 272. The first-order valence-electron chi connectivity index (χ1n) is 5.21. The summed E-state index contributed by atoms with van der Waals surface area (Å²) in [6.45, 7) is 6.77. The van der Waals surface area contributed by atoms with Crippen molar-refractivity contribution in [2.24, 2.45) is 5.41 Å². The predicted molar refractivity (Wildman–Crippen MR) is 67.1 cm³/mol. The molecule has 14 heavy (non-hydrogen) atoms. The summed E-state index contributed by atoms with van der Waals surface area (Å²) in [6, 6.07) is 8.98. The zero-order chi connectivity index (χ0) is 10.6. The lowest BCUT2D eigenvalue weighted by molar-refractivity contribution is 0.425. The van der Waals surface area contributed by atoms with Crippen LogP contribution in [0.3, 0.4) is 0 Å². The van der Waals surface area contributed by atoms with Gasteiger partial charge in [0.15, 0.2) is 0 Å². The summed E-state index contributed by atoms with van der Waals surface area (Å²) in [6.07, 6.45) is 2.27. The lowest BCUT2D eigenvalue weighted by atomic mass is 9.88. The summed E-state index contributed by atoms with van der Waals surface area (Å²) in [5, 5.41) is 1.05. The molecular weight excluding hydrogens is 236 g/mol. The highest BCUT2D eigenvalue weighted by molar-refractivity contribution is 9.09. The van der Waals surface area contributed by atoms with Gasteiger partial charge in [0.25, 0.3) is 0 Å². The average molecular weight is 255 g/mol. The molecule has 1 rings (SSSR count). The molecule has 0 radical (unpaired) electrons. The van der Waals surface area contributed by atoms with Crippen LogP contribution in [0, 0.1) is 5.41 Å². The van der Waals surface area contributed by atoms with E-state index in [-0.39, 0.29) is 0 Å². The van der Waals surface area contributed by atoms with E-state index in [0.29, 0.717) is 5.41 Å². The summed E-state index contributed by atoms with van der Waals surface area (Å²) in [5.74, 6) is 0. The number of halogens is 1. The van der Waals surface area contributed by atoms with Crippen LogP contribution in [0.5, 0.6) is 0 Å². The lowest BCUT2D eigenvalue weighted by Crippen LogP contribution is -2.16. The lowest BCUT2D eigenvalue weighted by Gasteiger charge is -2.21. The van der Waals surface area contributed by atoms with E-state index in [9.17, 15) is 0 Å². The summed E-state index contributed by atoms with van der Waals surface area (Å²) in [5.41, 5.74) is 3.21. The number of alkyl halides is 1. The number of hydrogen-bond donors (Lipinski definition) is 0. The molecule has 0 saturated carbocycles. The van der Waals surface area contributed by atoms with Crippen molar-refractivity contribution in [3.63, 3.8) is 0 Å². The maximum absolute atomic E-state index is 3.56. The van der Waals surface area contributed by atoms with E-state index >= 15 is 0 Å². The first-order chi connectivity index (χ1) is 6.57. The molecule has 0 aliphatic heterocycles. The Balaban J connectivity index is 2.69. The quantitative estimate of drug-likeness (QED) is 0.707. The Kier molecular flexibility index (Phi) is 4.18. The molecule has 0 heterocycles. The van der Waals surface area contributed by atoms with Gasteiger partial charge in [0.05, 0.1) is 0 Å². The van der Waals surface area contributed by atoms with Gasteiger partial charge in [-0.1, -0.05) is 61.0 Å². The van der Waals surface area contributed by atoms with Gasteiger partial charge in [-0.05, 0) is 29.4 Å². The smallest absolute Gasteiger partial charge is 0.00858 e. The Morgan fingerprint density at radius 2 is 1.57 bits per heavy atom. The molecule has 0 saturated heterocycles. The first kappa shape index (κ1) is 11.8. The van der Waals surface area contributed by atoms with Crippen LogP contribution >= 0.6 is 15.9 Å². The number of hydrogen-bond acceptors (Lipinski definition) is 0. The molecule has 78 valence electrons. The molecule has 1 aromatic carbocycles. The van der Waals surface area contributed by atoms with Gasteiger partial charge in [0.1, 0.15) is 0 Å². The van der Waals surface area contributed by atoms with Crippen molar-refractivity contribution >= 4 is 15.9 Å². The fourth-order valence-corrected chi connectivity index (χ4v) is 1.69. The molecule has 0 nitrogen and oxygen atoms in total. The maximum Gasteiger partial charge on any atom is 0.00858 e. The highest BCUT2D eigenvalue weighted by atomic mass is 79.9. The molecule has 0 aliphatic carbocycles. The van der Waals surface area contributed by atoms with E-state index < -0.39 is 0 Å². The highest BCUT2D eigenvalue weighted by Crippen LogP contribution is 2.24. The summed E-state index contributed by atoms with van der Waals surface area (Å²) in [4.78, 5) is 0. The predicted octanol–water partition coefficient (Wildman–Crippen LogP) is 4.21. The molecule has 0 atom stereocenters. The Morgan fingerprint density at radius 3 is 2.00 bits per heavy atom. The second kappa shape index (κ2) is 4.97. The zero-order valence-electron chi connectivity index (χ0n) is 9.31. The first-order valence-corrected chi connectivity index (χ1v) is 6.33. The minimum absolute atomic E-state index is 0.355. The molecule has 0 amide bonds. The van der Waals surface area contributed by atoms with E-state index in [4.69, 9.17) is 0 Å². The van der Waals surface area contributed by atoms with Crippen molar-refractivity contribution in [3.05, 3.63) is 35.4 Å². The van der Waals surface area contributed by atoms with Crippen molar-refractivity contribution in [2.45, 2.75) is 33.6 Å². The molecule has 0 aliphatic rings. The van der Waals surface area contributed by atoms with Gasteiger partial charge in [-0.3, -0.25) is 0 Å². The van der Waals surface area contributed by atoms with E-state index in [1.54, 1.807) is 0 Å². The van der Waals surface area contributed by atoms with Gasteiger partial charge in [0.2, 0.25) is 0 Å². The number of aryl methyl sites for hydroxylation is 1. The summed E-state index contributed by atoms with van der Waals surface area (Å²) < 4.78 is 0. The Labute approximate surface area is 95.9 Å². The number of benzene rings is 1. The standard InChI is InChI=1S/C13H19Br/c1-4-11-5-7-12(8-6-11)9-13(2,3)10-14/h5-8H,4,9-10H2,1-3H3. The van der Waals surface area contributed by atoms with Crippen LogP contribution < -0.4 is 0 Å². The van der Waals surface area contributed by atoms with Gasteiger partial charge in [-0.2, -0.15) is 0 Å². The topological polar surface area (TPSA) is 0 Å². The normalized spacial score (nSPS) is 11.7. The van der Waals surface area contributed by atoms with E-state index in [1.807, 2.05) is 0 Å². The van der Waals surface area contributed by atoms with Crippen molar-refractivity contribution in [3.8, 4) is 0 Å². The highest BCUT2D eigenvalue weighted by Gasteiger charge is 2.16. The van der Waals surface area contributed by atoms with Crippen LogP contribution in [-0.4, -0.2) is 5.33 Å². The van der Waals surface area contributed by atoms with Crippen molar-refractivity contribution < 1.29 is 0 Å². The molecule has 0 aromatic heterocycles. The molecule has 0 bridgehead atoms. The molecule has 0 unspecified atom stereocenters. The third-order valence-corrected chi connectivity index (χ3v) is 3.99. The fourth-order valence-electron chi connectivity index (χ4n) is 1.49. The molecule has 0 N–H and O–H groups in total. The molecule has 0 fully saturated rings. The summed E-state index contributed by atoms with van der Waals surface area (Å²) in [7, 11) is 0. The molecule has 1 heteroatoms. The van der Waals surface area contributed by atoms with Crippen LogP contribution in [0.15, 0.2) is 24.3 Å². The van der Waals surface area contributed by atoms with Gasteiger partial charge < -0.3 is 0 Å². The third-order valence-electron chi connectivity index (χ3n) is 2.48. The van der Waals surface area contributed by atoms with Gasteiger partial charge >= 0.3 is 0 Å². The fraction of sp³-hybridized carbons (Fsp3) is 0.538. The Morgan fingerprint density at radius 1 is 1.07 bits per heavy atom. The van der Waals surface area contributed by atoms with Crippen molar-refractivity contribution in [1.29, 1.82) is 0 Å². The van der Waals surface area contributed by atoms with Gasteiger partial charge in [-0.25, -0.2) is 0 Å². The van der Waals surface area contributed by atoms with E-state index in [2.05, 4.69) is 61.0 Å². The second-order valence-electron chi connectivity index (χ2n) is 4.64. The van der Waals surface area contributed by atoms with Crippen LogP contribution in [0.1, 0.15) is 31.9 Å². The van der Waals surface area contributed by atoms with Crippen LogP contribution in [0.4, 0.5) is 0 Å². The SMILES string of the molecule is CCc1ccc(CC(C)(C)CBr)cc1. The van der Waals surface area contributed by atoms with Crippen molar-refractivity contribution in [1.82, 2.24) is 0 Å². The maximum atomic E-state index is 3.56. The van der Waals surface area contributed by atoms with Crippen molar-refractivity contribution in [2.75, 3.05) is 5.33 Å². The minimum atomic E-state index is 0.355.